The monoisotopic (exact) mass is 389 g/mol. The number of ether oxygens (including phenoxy) is 1. The fourth-order valence-corrected chi connectivity index (χ4v) is 3.20. The molecule has 2 aromatic carbocycles. The first-order chi connectivity index (χ1) is 13.0. The number of rotatable bonds is 6. The number of hydrogen-bond acceptors (Lipinski definition) is 5. The molecule has 0 radical (unpaired) electrons. The molecular weight excluding hydrogens is 370 g/mol. The second-order valence-electron chi connectivity index (χ2n) is 6.25. The van der Waals surface area contributed by atoms with Crippen molar-refractivity contribution in [2.45, 2.75) is 6.10 Å². The molecule has 8 heteroatoms. The van der Waals surface area contributed by atoms with E-state index in [0.29, 0.717) is 19.7 Å². The molecule has 27 heavy (non-hydrogen) atoms. The maximum atomic E-state index is 12.3. The summed E-state index contributed by atoms with van der Waals surface area (Å²) in [6, 6.07) is 13.9. The predicted molar refractivity (Wildman–Crippen MR) is 102 cm³/mol. The first-order valence-electron chi connectivity index (χ1n) is 8.65. The van der Waals surface area contributed by atoms with Crippen LogP contribution in [0.5, 0.6) is 0 Å². The van der Waals surface area contributed by atoms with Gasteiger partial charge in [0.1, 0.15) is 0 Å². The quantitative estimate of drug-likeness (QED) is 0.606. The van der Waals surface area contributed by atoms with Crippen LogP contribution in [0.3, 0.4) is 0 Å². The van der Waals surface area contributed by atoms with E-state index in [-0.39, 0.29) is 22.4 Å². The summed E-state index contributed by atoms with van der Waals surface area (Å²) in [4.78, 5) is 24.8. The van der Waals surface area contributed by atoms with Gasteiger partial charge in [-0.25, -0.2) is 0 Å². The van der Waals surface area contributed by atoms with Crippen molar-refractivity contribution in [3.05, 3.63) is 74.8 Å². The third-order valence-electron chi connectivity index (χ3n) is 4.44. The summed E-state index contributed by atoms with van der Waals surface area (Å²) < 4.78 is 5.83. The van der Waals surface area contributed by atoms with Crippen molar-refractivity contribution in [2.24, 2.45) is 0 Å². The molecule has 1 atom stereocenters. The van der Waals surface area contributed by atoms with E-state index in [0.717, 1.165) is 18.7 Å². The maximum absolute atomic E-state index is 12.3. The largest absolute Gasteiger partial charge is 0.371 e. The smallest absolute Gasteiger partial charge is 0.270 e. The van der Waals surface area contributed by atoms with E-state index in [4.69, 9.17) is 16.3 Å². The van der Waals surface area contributed by atoms with Gasteiger partial charge in [-0.15, -0.1) is 0 Å². The van der Waals surface area contributed by atoms with Crippen molar-refractivity contribution in [3.63, 3.8) is 0 Å². The fourth-order valence-electron chi connectivity index (χ4n) is 3.00. The lowest BCUT2D eigenvalue weighted by molar-refractivity contribution is -0.384. The molecule has 0 aliphatic carbocycles. The minimum atomic E-state index is -0.551. The third-order valence-corrected chi connectivity index (χ3v) is 4.77. The number of non-ortho nitro benzene ring substituents is 1. The van der Waals surface area contributed by atoms with Crippen LogP contribution in [0.2, 0.25) is 5.02 Å². The van der Waals surface area contributed by atoms with E-state index in [1.165, 1.54) is 18.2 Å². The topological polar surface area (TPSA) is 84.7 Å². The molecule has 7 nitrogen and oxygen atoms in total. The number of carbonyl (C=O) groups is 1. The second kappa shape index (κ2) is 8.94. The van der Waals surface area contributed by atoms with Crippen LogP contribution in [-0.2, 0) is 4.74 Å². The van der Waals surface area contributed by atoms with Gasteiger partial charge in [-0.3, -0.25) is 19.8 Å². The van der Waals surface area contributed by atoms with E-state index in [2.05, 4.69) is 10.2 Å². The number of nitrogens with one attached hydrogen (secondary N) is 1. The lowest BCUT2D eigenvalue weighted by Crippen LogP contribution is -2.42. The molecule has 1 saturated heterocycles. The Balaban J connectivity index is 1.53. The van der Waals surface area contributed by atoms with Crippen LogP contribution in [0.1, 0.15) is 22.0 Å². The average Bonchev–Trinajstić information content (AvgIpc) is 2.69. The van der Waals surface area contributed by atoms with E-state index < -0.39 is 10.8 Å². The highest BCUT2D eigenvalue weighted by Crippen LogP contribution is 2.23. The molecular formula is C19H20ClN3O4. The molecule has 1 unspecified atom stereocenters. The Kier molecular flexibility index (Phi) is 6.39. The number of halogens is 1. The van der Waals surface area contributed by atoms with E-state index >= 15 is 0 Å². The minimum Gasteiger partial charge on any atom is -0.371 e. The molecule has 0 bridgehead atoms. The summed E-state index contributed by atoms with van der Waals surface area (Å²) in [6.07, 6.45) is 0.0156. The van der Waals surface area contributed by atoms with E-state index in [9.17, 15) is 14.9 Å². The van der Waals surface area contributed by atoms with Crippen LogP contribution < -0.4 is 5.32 Å². The van der Waals surface area contributed by atoms with Crippen LogP contribution in [-0.4, -0.2) is 48.5 Å². The Morgan fingerprint density at radius 2 is 2.07 bits per heavy atom. The number of amides is 1. The van der Waals surface area contributed by atoms with Crippen LogP contribution >= 0.6 is 11.6 Å². The zero-order chi connectivity index (χ0) is 19.2. The number of hydrogen-bond donors (Lipinski definition) is 1. The van der Waals surface area contributed by atoms with E-state index in [1.54, 1.807) is 0 Å². The van der Waals surface area contributed by atoms with Crippen molar-refractivity contribution >= 4 is 23.2 Å². The standard InChI is InChI=1S/C19H20ClN3O4/c20-17-7-6-15(23(25)26)12-16(17)19(24)21-8-9-22-10-11-27-18(13-22)14-4-2-1-3-5-14/h1-7,12,18H,8-11,13H2,(H,21,24). The molecule has 1 amide bonds. The number of benzene rings is 2. The Hall–Kier alpha value is -2.48. The van der Waals surface area contributed by atoms with Crippen molar-refractivity contribution in [3.8, 4) is 0 Å². The molecule has 1 aliphatic heterocycles. The van der Waals surface area contributed by atoms with Gasteiger partial charge < -0.3 is 10.1 Å². The zero-order valence-corrected chi connectivity index (χ0v) is 15.4. The normalized spacial score (nSPS) is 17.4. The molecule has 3 rings (SSSR count). The van der Waals surface area contributed by atoms with Gasteiger partial charge >= 0.3 is 0 Å². The molecule has 0 saturated carbocycles. The summed E-state index contributed by atoms with van der Waals surface area (Å²) in [5.41, 5.74) is 1.08. The highest BCUT2D eigenvalue weighted by molar-refractivity contribution is 6.33. The molecule has 1 heterocycles. The van der Waals surface area contributed by atoms with Crippen LogP contribution in [0, 0.1) is 10.1 Å². The summed E-state index contributed by atoms with van der Waals surface area (Å²) >= 11 is 6.00. The van der Waals surface area contributed by atoms with Crippen LogP contribution in [0.25, 0.3) is 0 Å². The Labute approximate surface area is 162 Å². The summed E-state index contributed by atoms with van der Waals surface area (Å²) in [5, 5.41) is 13.8. The van der Waals surface area contributed by atoms with Gasteiger partial charge in [0.25, 0.3) is 11.6 Å². The van der Waals surface area contributed by atoms with Crippen molar-refractivity contribution in [1.29, 1.82) is 0 Å². The van der Waals surface area contributed by atoms with Gasteiger partial charge in [0.05, 0.1) is 28.2 Å². The SMILES string of the molecule is O=C(NCCN1CCOC(c2ccccc2)C1)c1cc([N+](=O)[O-])ccc1Cl. The van der Waals surface area contributed by atoms with Crippen LogP contribution in [0.15, 0.2) is 48.5 Å². The number of nitro groups is 1. The van der Waals surface area contributed by atoms with Gasteiger partial charge in [0.15, 0.2) is 0 Å². The van der Waals surface area contributed by atoms with Gasteiger partial charge in [-0.1, -0.05) is 41.9 Å². The number of carbonyl (C=O) groups excluding carboxylic acids is 1. The van der Waals surface area contributed by atoms with Crippen molar-refractivity contribution < 1.29 is 14.5 Å². The summed E-state index contributed by atoms with van der Waals surface area (Å²) in [6.45, 7) is 3.24. The van der Waals surface area contributed by atoms with Crippen molar-refractivity contribution in [2.75, 3.05) is 32.8 Å². The Morgan fingerprint density at radius 3 is 2.81 bits per heavy atom. The molecule has 142 valence electrons. The number of nitro benzene ring substituents is 1. The van der Waals surface area contributed by atoms with E-state index in [1.807, 2.05) is 30.3 Å². The van der Waals surface area contributed by atoms with Gasteiger partial charge in [-0.2, -0.15) is 0 Å². The summed E-state index contributed by atoms with van der Waals surface area (Å²) in [5.74, 6) is -0.420. The lowest BCUT2D eigenvalue weighted by atomic mass is 10.1. The van der Waals surface area contributed by atoms with Gasteiger partial charge in [-0.05, 0) is 11.6 Å². The molecule has 1 N–H and O–H groups in total. The Bertz CT molecular complexity index is 816. The fraction of sp³-hybridized carbons (Fsp3) is 0.316. The first kappa shape index (κ1) is 19.3. The molecule has 0 aromatic heterocycles. The molecule has 1 fully saturated rings. The minimum absolute atomic E-state index is 0.0156. The average molecular weight is 390 g/mol. The lowest BCUT2D eigenvalue weighted by Gasteiger charge is -2.33. The Morgan fingerprint density at radius 1 is 1.30 bits per heavy atom. The number of morpholine rings is 1. The predicted octanol–water partition coefficient (Wildman–Crippen LogP) is 3.05. The second-order valence-corrected chi connectivity index (χ2v) is 6.66. The molecule has 0 spiro atoms. The third kappa shape index (κ3) is 5.03. The number of nitrogens with zero attached hydrogens (tertiary/aromatic N) is 2. The highest BCUT2D eigenvalue weighted by atomic mass is 35.5. The summed E-state index contributed by atoms with van der Waals surface area (Å²) in [7, 11) is 0. The maximum Gasteiger partial charge on any atom is 0.270 e. The van der Waals surface area contributed by atoms with Crippen LogP contribution in [0.4, 0.5) is 5.69 Å². The first-order valence-corrected chi connectivity index (χ1v) is 9.03. The van der Waals surface area contributed by atoms with Crippen molar-refractivity contribution in [1.82, 2.24) is 10.2 Å². The van der Waals surface area contributed by atoms with Gasteiger partial charge in [0, 0.05) is 38.3 Å². The highest BCUT2D eigenvalue weighted by Gasteiger charge is 2.22. The van der Waals surface area contributed by atoms with Gasteiger partial charge in [0.2, 0.25) is 0 Å². The molecule has 2 aromatic rings. The molecule has 1 aliphatic rings. The zero-order valence-electron chi connectivity index (χ0n) is 14.6.